The van der Waals surface area contributed by atoms with Crippen molar-refractivity contribution in [3.8, 4) is 11.4 Å². The third-order valence-electron chi connectivity index (χ3n) is 5.29. The molecule has 2 aromatic carbocycles. The Morgan fingerprint density at radius 2 is 2.03 bits per heavy atom. The van der Waals surface area contributed by atoms with E-state index in [2.05, 4.69) is 20.8 Å². The number of nitrogens with zero attached hydrogens (tertiary/aromatic N) is 5. The van der Waals surface area contributed by atoms with Gasteiger partial charge in [-0.05, 0) is 53.6 Å². The molecular weight excluding hydrogens is 415 g/mol. The summed E-state index contributed by atoms with van der Waals surface area (Å²) in [7, 11) is 0. The van der Waals surface area contributed by atoms with Crippen LogP contribution < -0.4 is 10.1 Å². The van der Waals surface area contributed by atoms with Crippen LogP contribution in [0.15, 0.2) is 54.9 Å². The molecule has 0 spiro atoms. The quantitative estimate of drug-likeness (QED) is 0.608. The van der Waals surface area contributed by atoms with E-state index in [4.69, 9.17) is 4.74 Å². The van der Waals surface area contributed by atoms with Crippen molar-refractivity contribution in [3.05, 3.63) is 60.7 Å². The van der Waals surface area contributed by atoms with Crippen LogP contribution in [0.4, 0.5) is 10.1 Å². The molecule has 2 heterocycles. The summed E-state index contributed by atoms with van der Waals surface area (Å²) in [6.07, 6.45) is 2.94. The maximum absolute atomic E-state index is 14.3. The number of para-hydroxylation sites is 1. The predicted molar refractivity (Wildman–Crippen MR) is 114 cm³/mol. The molecule has 9 nitrogen and oxygen atoms in total. The fourth-order valence-corrected chi connectivity index (χ4v) is 3.61. The number of tetrazole rings is 1. The third kappa shape index (κ3) is 5.26. The van der Waals surface area contributed by atoms with Crippen molar-refractivity contribution in [2.45, 2.75) is 19.3 Å². The van der Waals surface area contributed by atoms with Crippen LogP contribution in [0.1, 0.15) is 19.3 Å². The van der Waals surface area contributed by atoms with Gasteiger partial charge < -0.3 is 15.0 Å². The van der Waals surface area contributed by atoms with Crippen LogP contribution >= 0.6 is 0 Å². The molecule has 166 valence electrons. The number of amides is 2. The Morgan fingerprint density at radius 3 is 2.81 bits per heavy atom. The SMILES string of the molecule is O=C(Nc1cc(-n2cnnn2)ccc1F)C1CCCN(C(=O)CCOc2ccccc2)C1. The molecule has 3 aromatic rings. The smallest absolute Gasteiger partial charge is 0.229 e. The van der Waals surface area contributed by atoms with Gasteiger partial charge in [-0.1, -0.05) is 18.2 Å². The number of ether oxygens (including phenoxy) is 1. The molecule has 0 aliphatic carbocycles. The first kappa shape index (κ1) is 21.4. The van der Waals surface area contributed by atoms with Gasteiger partial charge >= 0.3 is 0 Å². The van der Waals surface area contributed by atoms with E-state index >= 15 is 0 Å². The Kier molecular flexibility index (Phi) is 6.69. The van der Waals surface area contributed by atoms with E-state index in [1.165, 1.54) is 29.2 Å². The highest BCUT2D eigenvalue weighted by molar-refractivity contribution is 5.93. The Labute approximate surface area is 184 Å². The summed E-state index contributed by atoms with van der Waals surface area (Å²) in [6.45, 7) is 1.16. The number of anilines is 1. The second kappa shape index (κ2) is 9.99. The van der Waals surface area contributed by atoms with E-state index in [1.54, 1.807) is 4.90 Å². The molecule has 1 unspecified atom stereocenters. The minimum Gasteiger partial charge on any atom is -0.493 e. The van der Waals surface area contributed by atoms with Crippen LogP contribution in [0.2, 0.25) is 0 Å². The Morgan fingerprint density at radius 1 is 1.19 bits per heavy atom. The molecule has 4 rings (SSSR count). The van der Waals surface area contributed by atoms with E-state index in [0.29, 0.717) is 37.4 Å². The minimum atomic E-state index is -0.558. The van der Waals surface area contributed by atoms with Crippen LogP contribution in [0, 0.1) is 11.7 Å². The summed E-state index contributed by atoms with van der Waals surface area (Å²) in [6, 6.07) is 13.5. The number of nitrogens with one attached hydrogen (secondary N) is 1. The Hall–Kier alpha value is -3.82. The normalized spacial score (nSPS) is 15.9. The molecule has 32 heavy (non-hydrogen) atoms. The van der Waals surface area contributed by atoms with E-state index in [0.717, 1.165) is 0 Å². The maximum atomic E-state index is 14.3. The highest BCUT2D eigenvalue weighted by atomic mass is 19.1. The molecule has 10 heteroatoms. The second-order valence-electron chi connectivity index (χ2n) is 7.50. The lowest BCUT2D eigenvalue weighted by atomic mass is 9.96. The molecule has 0 saturated carbocycles. The van der Waals surface area contributed by atoms with Crippen molar-refractivity contribution in [1.29, 1.82) is 0 Å². The number of halogens is 1. The number of piperidine rings is 1. The highest BCUT2D eigenvalue weighted by Crippen LogP contribution is 2.23. The van der Waals surface area contributed by atoms with Gasteiger partial charge in [-0.2, -0.15) is 0 Å². The number of aromatic nitrogens is 4. The number of rotatable bonds is 7. The van der Waals surface area contributed by atoms with Crippen molar-refractivity contribution >= 4 is 17.5 Å². The number of hydrogen-bond acceptors (Lipinski definition) is 6. The summed E-state index contributed by atoms with van der Waals surface area (Å²) in [5, 5.41) is 13.5. The third-order valence-corrected chi connectivity index (χ3v) is 5.29. The summed E-state index contributed by atoms with van der Waals surface area (Å²) < 4.78 is 21.2. The fourth-order valence-electron chi connectivity index (χ4n) is 3.61. The lowest BCUT2D eigenvalue weighted by molar-refractivity contribution is -0.135. The standard InChI is InChI=1S/C22H23FN6O3/c23-19-9-8-17(29-15-24-26-27-29)13-20(19)25-22(31)16-5-4-11-28(14-16)21(30)10-12-32-18-6-2-1-3-7-18/h1-3,6-9,13,15-16H,4-5,10-12,14H2,(H,25,31). The zero-order valence-corrected chi connectivity index (χ0v) is 17.4. The van der Waals surface area contributed by atoms with Gasteiger partial charge in [0.25, 0.3) is 0 Å². The molecular formula is C22H23FN6O3. The molecule has 1 aliphatic rings. The largest absolute Gasteiger partial charge is 0.493 e. The molecule has 1 saturated heterocycles. The second-order valence-corrected chi connectivity index (χ2v) is 7.50. The summed E-state index contributed by atoms with van der Waals surface area (Å²) in [5.74, 6) is -0.654. The molecule has 1 atom stereocenters. The predicted octanol–water partition coefficient (Wildman–Crippen LogP) is 2.45. The monoisotopic (exact) mass is 438 g/mol. The number of carbonyl (C=O) groups excluding carboxylic acids is 2. The molecule has 0 bridgehead atoms. The number of hydrogen-bond donors (Lipinski definition) is 1. The first-order valence-corrected chi connectivity index (χ1v) is 10.4. The topological polar surface area (TPSA) is 102 Å². The zero-order valence-electron chi connectivity index (χ0n) is 17.4. The summed E-state index contributed by atoms with van der Waals surface area (Å²) in [4.78, 5) is 27.1. The van der Waals surface area contributed by atoms with E-state index in [-0.39, 0.29) is 30.5 Å². The summed E-state index contributed by atoms with van der Waals surface area (Å²) >= 11 is 0. The van der Waals surface area contributed by atoms with Crippen molar-refractivity contribution in [2.24, 2.45) is 5.92 Å². The first-order valence-electron chi connectivity index (χ1n) is 10.4. The molecule has 1 aromatic heterocycles. The molecule has 1 aliphatic heterocycles. The van der Waals surface area contributed by atoms with Gasteiger partial charge in [0.2, 0.25) is 11.8 Å². The van der Waals surface area contributed by atoms with Crippen LogP contribution in [0.3, 0.4) is 0 Å². The van der Waals surface area contributed by atoms with E-state index in [1.807, 2.05) is 30.3 Å². The molecule has 2 amide bonds. The van der Waals surface area contributed by atoms with E-state index < -0.39 is 11.7 Å². The minimum absolute atomic E-state index is 0.0442. The lowest BCUT2D eigenvalue weighted by Crippen LogP contribution is -2.44. The lowest BCUT2D eigenvalue weighted by Gasteiger charge is -2.32. The van der Waals surface area contributed by atoms with Gasteiger partial charge in [0, 0.05) is 13.1 Å². The van der Waals surface area contributed by atoms with Crippen LogP contribution in [-0.4, -0.2) is 56.6 Å². The van der Waals surface area contributed by atoms with Gasteiger partial charge in [0.05, 0.1) is 30.3 Å². The Bertz CT molecular complexity index is 1060. The van der Waals surface area contributed by atoms with Crippen molar-refractivity contribution in [3.63, 3.8) is 0 Å². The number of carbonyl (C=O) groups is 2. The van der Waals surface area contributed by atoms with Crippen molar-refractivity contribution in [2.75, 3.05) is 25.0 Å². The van der Waals surface area contributed by atoms with Crippen molar-refractivity contribution < 1.29 is 18.7 Å². The van der Waals surface area contributed by atoms with Crippen LogP contribution in [-0.2, 0) is 9.59 Å². The zero-order chi connectivity index (χ0) is 22.3. The van der Waals surface area contributed by atoms with Gasteiger partial charge in [-0.3, -0.25) is 9.59 Å². The average Bonchev–Trinajstić information content (AvgIpc) is 3.36. The molecule has 0 radical (unpaired) electrons. The summed E-state index contributed by atoms with van der Waals surface area (Å²) in [5.41, 5.74) is 0.563. The number of likely N-dealkylation sites (tertiary alicyclic amines) is 1. The van der Waals surface area contributed by atoms with E-state index in [9.17, 15) is 14.0 Å². The van der Waals surface area contributed by atoms with Gasteiger partial charge in [0.15, 0.2) is 0 Å². The molecule has 1 fully saturated rings. The fraction of sp³-hybridized carbons (Fsp3) is 0.318. The average molecular weight is 438 g/mol. The van der Waals surface area contributed by atoms with Crippen LogP contribution in [0.5, 0.6) is 5.75 Å². The number of benzene rings is 2. The highest BCUT2D eigenvalue weighted by Gasteiger charge is 2.28. The Balaban J connectivity index is 1.32. The maximum Gasteiger partial charge on any atom is 0.229 e. The van der Waals surface area contributed by atoms with Gasteiger partial charge in [-0.25, -0.2) is 9.07 Å². The van der Waals surface area contributed by atoms with Gasteiger partial charge in [-0.15, -0.1) is 5.10 Å². The van der Waals surface area contributed by atoms with Crippen LogP contribution in [0.25, 0.3) is 5.69 Å². The van der Waals surface area contributed by atoms with Gasteiger partial charge in [0.1, 0.15) is 17.9 Å². The van der Waals surface area contributed by atoms with Crippen molar-refractivity contribution in [1.82, 2.24) is 25.1 Å². The first-order chi connectivity index (χ1) is 15.6. The molecule has 1 N–H and O–H groups in total.